The van der Waals surface area contributed by atoms with Crippen LogP contribution in [0.15, 0.2) is 18.2 Å². The average molecular weight is 277 g/mol. The van der Waals surface area contributed by atoms with Crippen LogP contribution >= 0.6 is 0 Å². The van der Waals surface area contributed by atoms with Gasteiger partial charge in [-0.05, 0) is 54.4 Å². The SMILES string of the molecule is COCCC(C)(C)CNC1CCCc2cc(O)ccc21. The van der Waals surface area contributed by atoms with Crippen LogP contribution < -0.4 is 5.32 Å². The zero-order valence-electron chi connectivity index (χ0n) is 12.9. The fourth-order valence-corrected chi connectivity index (χ4v) is 2.88. The van der Waals surface area contributed by atoms with Gasteiger partial charge in [-0.3, -0.25) is 0 Å². The Balaban J connectivity index is 1.98. The van der Waals surface area contributed by atoms with Crippen LogP contribution in [-0.4, -0.2) is 25.4 Å². The monoisotopic (exact) mass is 277 g/mol. The molecule has 1 aliphatic carbocycles. The van der Waals surface area contributed by atoms with Crippen molar-refractivity contribution in [1.82, 2.24) is 5.32 Å². The van der Waals surface area contributed by atoms with Crippen LogP contribution in [0.25, 0.3) is 0 Å². The number of hydrogen-bond acceptors (Lipinski definition) is 3. The van der Waals surface area contributed by atoms with E-state index in [0.29, 0.717) is 11.8 Å². The minimum atomic E-state index is 0.241. The summed E-state index contributed by atoms with van der Waals surface area (Å²) in [6, 6.07) is 6.21. The Hall–Kier alpha value is -1.06. The molecule has 0 radical (unpaired) electrons. The molecule has 1 aromatic rings. The van der Waals surface area contributed by atoms with Gasteiger partial charge < -0.3 is 15.2 Å². The van der Waals surface area contributed by atoms with Crippen molar-refractivity contribution in [3.05, 3.63) is 29.3 Å². The maximum atomic E-state index is 9.60. The first-order valence-electron chi connectivity index (χ1n) is 7.56. The smallest absolute Gasteiger partial charge is 0.115 e. The lowest BCUT2D eigenvalue weighted by Gasteiger charge is -2.31. The summed E-state index contributed by atoms with van der Waals surface area (Å²) in [5.41, 5.74) is 2.89. The number of aromatic hydroxyl groups is 1. The summed E-state index contributed by atoms with van der Waals surface area (Å²) in [6.45, 7) is 6.35. The predicted octanol–water partition coefficient (Wildman–Crippen LogP) is 3.42. The third kappa shape index (κ3) is 3.97. The minimum absolute atomic E-state index is 0.241. The Morgan fingerprint density at radius 3 is 2.95 bits per heavy atom. The van der Waals surface area contributed by atoms with Gasteiger partial charge in [0.2, 0.25) is 0 Å². The number of methoxy groups -OCH3 is 1. The summed E-state index contributed by atoms with van der Waals surface area (Å²) in [5, 5.41) is 13.3. The lowest BCUT2D eigenvalue weighted by atomic mass is 9.85. The highest BCUT2D eigenvalue weighted by atomic mass is 16.5. The number of fused-ring (bicyclic) bond motifs is 1. The van der Waals surface area contributed by atoms with Gasteiger partial charge >= 0.3 is 0 Å². The Labute approximate surface area is 122 Å². The molecule has 1 atom stereocenters. The molecule has 3 nitrogen and oxygen atoms in total. The van der Waals surface area contributed by atoms with Gasteiger partial charge in [0.05, 0.1) is 0 Å². The summed E-state index contributed by atoms with van der Waals surface area (Å²) >= 11 is 0. The van der Waals surface area contributed by atoms with E-state index in [2.05, 4.69) is 25.2 Å². The molecule has 2 rings (SSSR count). The van der Waals surface area contributed by atoms with E-state index < -0.39 is 0 Å². The third-order valence-corrected chi connectivity index (χ3v) is 4.25. The van der Waals surface area contributed by atoms with Crippen LogP contribution in [-0.2, 0) is 11.2 Å². The van der Waals surface area contributed by atoms with E-state index in [0.717, 1.165) is 26.0 Å². The van der Waals surface area contributed by atoms with Crippen LogP contribution in [0.3, 0.4) is 0 Å². The normalized spacial score (nSPS) is 18.9. The molecule has 3 heteroatoms. The van der Waals surface area contributed by atoms with Crippen molar-refractivity contribution < 1.29 is 9.84 Å². The topological polar surface area (TPSA) is 41.5 Å². The molecule has 1 unspecified atom stereocenters. The third-order valence-electron chi connectivity index (χ3n) is 4.25. The van der Waals surface area contributed by atoms with Crippen molar-refractivity contribution in [2.24, 2.45) is 5.41 Å². The van der Waals surface area contributed by atoms with Crippen molar-refractivity contribution in [1.29, 1.82) is 0 Å². The highest BCUT2D eigenvalue weighted by Gasteiger charge is 2.23. The van der Waals surface area contributed by atoms with Crippen LogP contribution in [0.1, 0.15) is 50.3 Å². The first-order chi connectivity index (χ1) is 9.52. The van der Waals surface area contributed by atoms with Crippen molar-refractivity contribution in [2.45, 2.75) is 45.6 Å². The second-order valence-electron chi connectivity index (χ2n) is 6.62. The second-order valence-corrected chi connectivity index (χ2v) is 6.62. The van der Waals surface area contributed by atoms with Gasteiger partial charge in [-0.2, -0.15) is 0 Å². The number of aryl methyl sites for hydroxylation is 1. The number of nitrogens with one attached hydrogen (secondary N) is 1. The molecule has 0 fully saturated rings. The fourth-order valence-electron chi connectivity index (χ4n) is 2.88. The summed E-state index contributed by atoms with van der Waals surface area (Å²) < 4.78 is 5.18. The van der Waals surface area contributed by atoms with E-state index in [4.69, 9.17) is 4.74 Å². The van der Waals surface area contributed by atoms with Gasteiger partial charge in [0.25, 0.3) is 0 Å². The number of benzene rings is 1. The molecule has 0 aliphatic heterocycles. The van der Waals surface area contributed by atoms with Gasteiger partial charge in [0.15, 0.2) is 0 Å². The summed E-state index contributed by atoms with van der Waals surface area (Å²) in [6.07, 6.45) is 4.51. The largest absolute Gasteiger partial charge is 0.508 e. The standard InChI is InChI=1S/C17H27NO2/c1-17(2,9-10-20-3)12-18-16-6-4-5-13-11-14(19)7-8-15(13)16/h7-8,11,16,18-19H,4-6,9-10,12H2,1-3H3. The number of phenols is 1. The fraction of sp³-hybridized carbons (Fsp3) is 0.647. The first-order valence-corrected chi connectivity index (χ1v) is 7.56. The van der Waals surface area contributed by atoms with Gasteiger partial charge in [-0.1, -0.05) is 19.9 Å². The molecule has 0 aromatic heterocycles. The maximum absolute atomic E-state index is 9.60. The maximum Gasteiger partial charge on any atom is 0.115 e. The van der Waals surface area contributed by atoms with Crippen molar-refractivity contribution >= 4 is 0 Å². The van der Waals surface area contributed by atoms with Crippen molar-refractivity contribution in [3.63, 3.8) is 0 Å². The predicted molar refractivity (Wildman–Crippen MR) is 82.1 cm³/mol. The van der Waals surface area contributed by atoms with Crippen molar-refractivity contribution in [2.75, 3.05) is 20.3 Å². The molecular formula is C17H27NO2. The van der Waals surface area contributed by atoms with E-state index in [1.54, 1.807) is 13.2 Å². The lowest BCUT2D eigenvalue weighted by molar-refractivity contribution is 0.148. The first kappa shape index (κ1) is 15.3. The van der Waals surface area contributed by atoms with Crippen LogP contribution in [0.4, 0.5) is 0 Å². The average Bonchev–Trinajstić information content (AvgIpc) is 2.42. The molecule has 0 spiro atoms. The lowest BCUT2D eigenvalue weighted by Crippen LogP contribution is -2.34. The van der Waals surface area contributed by atoms with Crippen LogP contribution in [0, 0.1) is 5.41 Å². The Bertz CT molecular complexity index is 443. The van der Waals surface area contributed by atoms with Gasteiger partial charge in [-0.25, -0.2) is 0 Å². The molecule has 0 heterocycles. The number of ether oxygens (including phenoxy) is 1. The molecule has 112 valence electrons. The Morgan fingerprint density at radius 1 is 1.40 bits per heavy atom. The Kier molecular flexibility index (Phi) is 5.06. The molecule has 20 heavy (non-hydrogen) atoms. The van der Waals surface area contributed by atoms with E-state index in [1.807, 2.05) is 6.07 Å². The molecule has 0 amide bonds. The van der Waals surface area contributed by atoms with Gasteiger partial charge in [0, 0.05) is 26.3 Å². The van der Waals surface area contributed by atoms with E-state index in [-0.39, 0.29) is 5.41 Å². The molecule has 0 saturated heterocycles. The van der Waals surface area contributed by atoms with Crippen LogP contribution in [0.2, 0.25) is 0 Å². The minimum Gasteiger partial charge on any atom is -0.508 e. The number of rotatable bonds is 6. The highest BCUT2D eigenvalue weighted by molar-refractivity contribution is 5.38. The summed E-state index contributed by atoms with van der Waals surface area (Å²) in [4.78, 5) is 0. The number of hydrogen-bond donors (Lipinski definition) is 2. The number of phenolic OH excluding ortho intramolecular Hbond substituents is 1. The van der Waals surface area contributed by atoms with E-state index >= 15 is 0 Å². The van der Waals surface area contributed by atoms with Crippen LogP contribution in [0.5, 0.6) is 5.75 Å². The van der Waals surface area contributed by atoms with Crippen molar-refractivity contribution in [3.8, 4) is 5.75 Å². The van der Waals surface area contributed by atoms with E-state index in [1.165, 1.54) is 24.0 Å². The summed E-state index contributed by atoms with van der Waals surface area (Å²) in [5.74, 6) is 0.379. The van der Waals surface area contributed by atoms with Gasteiger partial charge in [-0.15, -0.1) is 0 Å². The van der Waals surface area contributed by atoms with Gasteiger partial charge in [0.1, 0.15) is 5.75 Å². The zero-order valence-corrected chi connectivity index (χ0v) is 12.9. The van der Waals surface area contributed by atoms with E-state index in [9.17, 15) is 5.11 Å². The zero-order chi connectivity index (χ0) is 14.6. The highest BCUT2D eigenvalue weighted by Crippen LogP contribution is 2.32. The quantitative estimate of drug-likeness (QED) is 0.837. The Morgan fingerprint density at radius 2 is 2.20 bits per heavy atom. The molecule has 1 aromatic carbocycles. The molecule has 0 saturated carbocycles. The summed E-state index contributed by atoms with van der Waals surface area (Å²) in [7, 11) is 1.76. The molecule has 0 bridgehead atoms. The second kappa shape index (κ2) is 6.59. The molecule has 1 aliphatic rings. The molecule has 2 N–H and O–H groups in total. The molecular weight excluding hydrogens is 250 g/mol.